The van der Waals surface area contributed by atoms with Crippen molar-refractivity contribution in [1.29, 1.82) is 0 Å². The molecule has 0 N–H and O–H groups in total. The molecule has 0 aliphatic carbocycles. The number of hydrogen-bond donors (Lipinski definition) is 0. The van der Waals surface area contributed by atoms with Gasteiger partial charge in [0.15, 0.2) is 15.6 Å². The van der Waals surface area contributed by atoms with Gasteiger partial charge in [-0.3, -0.25) is 9.48 Å². The Morgan fingerprint density at radius 3 is 2.79 bits per heavy atom. The Balaban J connectivity index is 1.97. The first-order valence-corrected chi connectivity index (χ1v) is 9.72. The third kappa shape index (κ3) is 3.10. The second kappa shape index (κ2) is 6.08. The smallest absolute Gasteiger partial charge is 0.290 e. The first kappa shape index (κ1) is 16.8. The molecule has 8 heteroatoms. The van der Waals surface area contributed by atoms with Crippen LogP contribution in [0.25, 0.3) is 0 Å². The Morgan fingerprint density at radius 1 is 1.46 bits per heavy atom. The van der Waals surface area contributed by atoms with Crippen LogP contribution in [0.2, 0.25) is 0 Å². The second-order valence-electron chi connectivity index (χ2n) is 6.15. The summed E-state index contributed by atoms with van der Waals surface area (Å²) >= 11 is 0. The molecule has 3 rings (SSSR count). The van der Waals surface area contributed by atoms with Crippen molar-refractivity contribution < 1.29 is 17.6 Å². The van der Waals surface area contributed by atoms with Crippen molar-refractivity contribution in [1.82, 2.24) is 14.7 Å². The van der Waals surface area contributed by atoms with Crippen LogP contribution in [0.4, 0.5) is 0 Å². The van der Waals surface area contributed by atoms with Crippen molar-refractivity contribution in [3.63, 3.8) is 0 Å². The molecule has 3 heterocycles. The van der Waals surface area contributed by atoms with E-state index in [4.69, 9.17) is 4.42 Å². The first-order valence-electron chi connectivity index (χ1n) is 7.90. The van der Waals surface area contributed by atoms with E-state index in [9.17, 15) is 13.2 Å². The van der Waals surface area contributed by atoms with Gasteiger partial charge in [-0.2, -0.15) is 5.10 Å². The largest absolute Gasteiger partial charge is 0.456 e. The minimum Gasteiger partial charge on any atom is -0.456 e. The molecule has 0 bridgehead atoms. The summed E-state index contributed by atoms with van der Waals surface area (Å²) in [6, 6.07) is 1.31. The molecule has 130 valence electrons. The zero-order valence-electron chi connectivity index (χ0n) is 14.0. The molecular weight excluding hydrogens is 330 g/mol. The van der Waals surface area contributed by atoms with E-state index >= 15 is 0 Å². The molecule has 1 atom stereocenters. The fraction of sp³-hybridized carbons (Fsp3) is 0.500. The van der Waals surface area contributed by atoms with Gasteiger partial charge in [-0.05, 0) is 13.0 Å². The molecule has 0 saturated carbocycles. The molecule has 1 saturated heterocycles. The van der Waals surface area contributed by atoms with Gasteiger partial charge in [0.2, 0.25) is 0 Å². The quantitative estimate of drug-likeness (QED) is 0.836. The van der Waals surface area contributed by atoms with Crippen LogP contribution in [0, 0.1) is 6.92 Å². The third-order valence-electron chi connectivity index (χ3n) is 4.31. The van der Waals surface area contributed by atoms with Gasteiger partial charge in [0.1, 0.15) is 5.76 Å². The number of carbonyl (C=O) groups is 1. The summed E-state index contributed by atoms with van der Waals surface area (Å²) in [4.78, 5) is 14.5. The number of nitrogens with zero attached hydrogens (tertiary/aromatic N) is 3. The second-order valence-corrected chi connectivity index (χ2v) is 8.38. The zero-order chi connectivity index (χ0) is 17.5. The van der Waals surface area contributed by atoms with Gasteiger partial charge >= 0.3 is 0 Å². The van der Waals surface area contributed by atoms with E-state index in [0.29, 0.717) is 17.7 Å². The Labute approximate surface area is 141 Å². The monoisotopic (exact) mass is 351 g/mol. The number of hydrogen-bond acceptors (Lipinski definition) is 5. The Hall–Kier alpha value is -2.09. The summed E-state index contributed by atoms with van der Waals surface area (Å²) in [7, 11) is -1.43. The van der Waals surface area contributed by atoms with Crippen molar-refractivity contribution >= 4 is 15.7 Å². The number of carbonyl (C=O) groups excluding carboxylic acids is 1. The summed E-state index contributed by atoms with van der Waals surface area (Å²) in [5.74, 6) is 0.648. The summed E-state index contributed by atoms with van der Waals surface area (Å²) in [5, 5.41) is 4.10. The molecule has 0 aromatic carbocycles. The molecule has 1 aliphatic heterocycles. The van der Waals surface area contributed by atoms with Gasteiger partial charge in [0, 0.05) is 37.3 Å². The molecule has 1 aliphatic rings. The molecule has 1 fully saturated rings. The average molecular weight is 351 g/mol. The van der Waals surface area contributed by atoms with E-state index in [1.165, 1.54) is 0 Å². The van der Waals surface area contributed by atoms with Crippen LogP contribution in [0.3, 0.4) is 0 Å². The standard InChI is InChI=1S/C16H21N3O4S/c1-4-13-7-11(2)15(23-13)16(20)19-5-6-24(21,22)10-14(19)12-8-17-18(3)9-12/h7-9,14H,4-6,10H2,1-3H3/t14-/m0/s1. The van der Waals surface area contributed by atoms with Crippen LogP contribution in [-0.4, -0.2) is 47.1 Å². The zero-order valence-corrected chi connectivity index (χ0v) is 14.8. The van der Waals surface area contributed by atoms with Crippen molar-refractivity contribution in [3.05, 3.63) is 41.1 Å². The molecule has 0 spiro atoms. The Morgan fingerprint density at radius 2 is 2.21 bits per heavy atom. The maximum absolute atomic E-state index is 13.0. The van der Waals surface area contributed by atoms with E-state index in [1.54, 1.807) is 29.0 Å². The lowest BCUT2D eigenvalue weighted by Crippen LogP contribution is -2.46. The minimum absolute atomic E-state index is 0.0319. The molecule has 2 aromatic rings. The van der Waals surface area contributed by atoms with Gasteiger partial charge in [-0.1, -0.05) is 6.92 Å². The SMILES string of the molecule is CCc1cc(C)c(C(=O)N2CCS(=O)(=O)C[C@H]2c2cnn(C)c2)o1. The summed E-state index contributed by atoms with van der Waals surface area (Å²) in [6.07, 6.45) is 4.06. The maximum Gasteiger partial charge on any atom is 0.290 e. The number of sulfone groups is 1. The van der Waals surface area contributed by atoms with Crippen LogP contribution < -0.4 is 0 Å². The fourth-order valence-corrected chi connectivity index (χ4v) is 4.50. The molecular formula is C16H21N3O4S. The summed E-state index contributed by atoms with van der Waals surface area (Å²) in [6.45, 7) is 3.94. The molecule has 0 unspecified atom stereocenters. The maximum atomic E-state index is 13.0. The van der Waals surface area contributed by atoms with Gasteiger partial charge < -0.3 is 9.32 Å². The number of aryl methyl sites for hydroxylation is 3. The van der Waals surface area contributed by atoms with Crippen LogP contribution in [0.5, 0.6) is 0 Å². The predicted octanol–water partition coefficient (Wildman–Crippen LogP) is 1.50. The summed E-state index contributed by atoms with van der Waals surface area (Å²) < 4.78 is 31.4. The van der Waals surface area contributed by atoms with Crippen LogP contribution in [0.1, 0.15) is 40.4 Å². The van der Waals surface area contributed by atoms with Crippen molar-refractivity contribution in [3.8, 4) is 0 Å². The number of furan rings is 1. The van der Waals surface area contributed by atoms with Crippen molar-refractivity contribution in [2.45, 2.75) is 26.3 Å². The van der Waals surface area contributed by atoms with Crippen LogP contribution >= 0.6 is 0 Å². The van der Waals surface area contributed by atoms with Crippen LogP contribution in [-0.2, 0) is 23.3 Å². The van der Waals surface area contributed by atoms with E-state index in [2.05, 4.69) is 5.10 Å². The van der Waals surface area contributed by atoms with E-state index in [-0.39, 0.29) is 24.0 Å². The number of aromatic nitrogens is 2. The van der Waals surface area contributed by atoms with Gasteiger partial charge in [-0.15, -0.1) is 0 Å². The van der Waals surface area contributed by atoms with E-state index < -0.39 is 15.9 Å². The Bertz CT molecular complexity index is 866. The third-order valence-corrected chi connectivity index (χ3v) is 5.94. The summed E-state index contributed by atoms with van der Waals surface area (Å²) in [5.41, 5.74) is 1.49. The number of amides is 1. The normalized spacial score (nSPS) is 20.3. The fourth-order valence-electron chi connectivity index (χ4n) is 3.00. The van der Waals surface area contributed by atoms with Gasteiger partial charge in [0.05, 0.1) is 23.7 Å². The van der Waals surface area contributed by atoms with Crippen molar-refractivity contribution in [2.24, 2.45) is 7.05 Å². The lowest BCUT2D eigenvalue weighted by molar-refractivity contribution is 0.0662. The Kier molecular flexibility index (Phi) is 4.25. The molecule has 2 aromatic heterocycles. The molecule has 1 amide bonds. The topological polar surface area (TPSA) is 85.4 Å². The molecule has 0 radical (unpaired) electrons. The lowest BCUT2D eigenvalue weighted by Gasteiger charge is -2.34. The highest BCUT2D eigenvalue weighted by Crippen LogP contribution is 2.29. The highest BCUT2D eigenvalue weighted by molar-refractivity contribution is 7.91. The van der Waals surface area contributed by atoms with Gasteiger partial charge in [0.25, 0.3) is 5.91 Å². The molecule has 24 heavy (non-hydrogen) atoms. The predicted molar refractivity (Wildman–Crippen MR) is 88.5 cm³/mol. The number of rotatable bonds is 3. The highest BCUT2D eigenvalue weighted by Gasteiger charge is 2.37. The average Bonchev–Trinajstić information content (AvgIpc) is 3.11. The highest BCUT2D eigenvalue weighted by atomic mass is 32.2. The van der Waals surface area contributed by atoms with Crippen molar-refractivity contribution in [2.75, 3.05) is 18.1 Å². The van der Waals surface area contributed by atoms with Gasteiger partial charge in [-0.25, -0.2) is 8.42 Å². The van der Waals surface area contributed by atoms with E-state index in [1.807, 2.05) is 19.9 Å². The minimum atomic E-state index is -3.19. The molecule has 7 nitrogen and oxygen atoms in total. The first-order chi connectivity index (χ1) is 11.3. The van der Waals surface area contributed by atoms with E-state index in [0.717, 1.165) is 11.3 Å². The lowest BCUT2D eigenvalue weighted by atomic mass is 10.1. The van der Waals surface area contributed by atoms with Crippen LogP contribution in [0.15, 0.2) is 22.9 Å².